The minimum Gasteiger partial charge on any atom is -0.362 e. The zero-order valence-electron chi connectivity index (χ0n) is 17.5. The van der Waals surface area contributed by atoms with Crippen LogP contribution < -0.4 is 10.6 Å². The van der Waals surface area contributed by atoms with Crippen molar-refractivity contribution in [3.8, 4) is 0 Å². The van der Waals surface area contributed by atoms with Crippen LogP contribution >= 0.6 is 11.8 Å². The Bertz CT molecular complexity index is 522. The molecule has 2 aliphatic heterocycles. The number of nitrogens with one attached hydrogen (secondary N) is 2. The number of ketones is 1. The highest BCUT2D eigenvalue weighted by Crippen LogP contribution is 2.40. The first-order chi connectivity index (χ1) is 13.6. The average Bonchev–Trinajstić information content (AvgIpc) is 2.75. The number of thioether (sulfide) groups is 1. The van der Waals surface area contributed by atoms with Gasteiger partial charge < -0.3 is 15.4 Å². The molecule has 0 aromatic heterocycles. The van der Waals surface area contributed by atoms with Crippen LogP contribution in [0.25, 0.3) is 0 Å². The van der Waals surface area contributed by atoms with Gasteiger partial charge in [-0.15, -0.1) is 0 Å². The quantitative estimate of drug-likeness (QED) is 0.744. The highest BCUT2D eigenvalue weighted by molar-refractivity contribution is 7.99. The van der Waals surface area contributed by atoms with Gasteiger partial charge in [0.05, 0.1) is 17.4 Å². The number of hydrogen-bond acceptors (Lipinski definition) is 5. The zero-order chi connectivity index (χ0) is 19.9. The lowest BCUT2D eigenvalue weighted by molar-refractivity contribution is -0.168. The van der Waals surface area contributed by atoms with E-state index in [1.165, 1.54) is 44.9 Å². The average molecular weight is 411 g/mol. The van der Waals surface area contributed by atoms with E-state index in [0.717, 1.165) is 18.6 Å². The molecule has 4 aliphatic rings. The van der Waals surface area contributed by atoms with Crippen LogP contribution in [0.5, 0.6) is 0 Å². The molecule has 2 saturated heterocycles. The maximum absolute atomic E-state index is 13.2. The molecule has 2 N–H and O–H groups in total. The summed E-state index contributed by atoms with van der Waals surface area (Å²) < 4.78 is 6.69. The van der Waals surface area contributed by atoms with Gasteiger partial charge in [0.25, 0.3) is 5.91 Å². The van der Waals surface area contributed by atoms with E-state index in [2.05, 4.69) is 10.6 Å². The van der Waals surface area contributed by atoms with Crippen molar-refractivity contribution < 1.29 is 14.3 Å². The monoisotopic (exact) mass is 410 g/mol. The third-order valence-corrected chi connectivity index (χ3v) is 8.01. The van der Waals surface area contributed by atoms with Gasteiger partial charge in [0.1, 0.15) is 5.60 Å². The Morgan fingerprint density at radius 1 is 0.964 bits per heavy atom. The Kier molecular flexibility index (Phi) is 8.24. The molecule has 160 valence electrons. The van der Waals surface area contributed by atoms with Gasteiger partial charge in [-0.25, -0.2) is 0 Å². The Hall–Kier alpha value is -0.590. The summed E-state index contributed by atoms with van der Waals surface area (Å²) in [5, 5.41) is 6.43. The van der Waals surface area contributed by atoms with E-state index < -0.39 is 11.1 Å². The standard InChI is InChI=1S/C22H38N2O3S/c1-23-21-11-13-22(14-12-21,20(26)24-15-16-28-17-19(21)25)27-18-9-7-5-3-2-4-6-8-10-18/h18,23H,2-17H2,1H3,(H,24,26). The summed E-state index contributed by atoms with van der Waals surface area (Å²) in [6.45, 7) is 0.610. The highest BCUT2D eigenvalue weighted by Gasteiger charge is 2.51. The van der Waals surface area contributed by atoms with Crippen LogP contribution in [0.3, 0.4) is 0 Å². The summed E-state index contributed by atoms with van der Waals surface area (Å²) in [6, 6.07) is 0. The number of Topliss-reactive ketones (excluding diaryl/α,β-unsaturated/α-hetero) is 1. The van der Waals surface area contributed by atoms with Crippen molar-refractivity contribution in [3.05, 3.63) is 0 Å². The fraction of sp³-hybridized carbons (Fsp3) is 0.909. The molecule has 2 aliphatic carbocycles. The molecule has 0 spiro atoms. The first-order valence-electron chi connectivity index (χ1n) is 11.4. The predicted molar refractivity (Wildman–Crippen MR) is 115 cm³/mol. The second-order valence-electron chi connectivity index (χ2n) is 8.85. The minimum absolute atomic E-state index is 0.0456. The smallest absolute Gasteiger partial charge is 0.252 e. The van der Waals surface area contributed by atoms with Crippen LogP contribution in [0.15, 0.2) is 0 Å². The van der Waals surface area contributed by atoms with Crippen LogP contribution in [0.1, 0.15) is 83.5 Å². The number of hydrogen-bond donors (Lipinski definition) is 2. The number of likely N-dealkylation sites (N-methyl/N-ethyl adjacent to an activating group) is 1. The molecular formula is C22H38N2O3S. The highest BCUT2D eigenvalue weighted by atomic mass is 32.2. The summed E-state index contributed by atoms with van der Waals surface area (Å²) >= 11 is 1.62. The van der Waals surface area contributed by atoms with E-state index in [9.17, 15) is 9.59 Å². The van der Waals surface area contributed by atoms with E-state index in [1.54, 1.807) is 11.8 Å². The third kappa shape index (κ3) is 5.31. The Balaban J connectivity index is 1.75. The second kappa shape index (κ2) is 10.4. The molecule has 2 saturated carbocycles. The van der Waals surface area contributed by atoms with Crippen molar-refractivity contribution in [3.63, 3.8) is 0 Å². The fourth-order valence-corrected chi connectivity index (χ4v) is 5.91. The molecule has 2 heterocycles. The molecule has 0 aromatic rings. The number of rotatable bonds is 3. The molecule has 28 heavy (non-hydrogen) atoms. The molecule has 2 bridgehead atoms. The van der Waals surface area contributed by atoms with Crippen LogP contribution in [0.4, 0.5) is 0 Å². The topological polar surface area (TPSA) is 67.4 Å². The van der Waals surface area contributed by atoms with Gasteiger partial charge in [0, 0.05) is 12.3 Å². The van der Waals surface area contributed by atoms with Gasteiger partial charge in [-0.2, -0.15) is 11.8 Å². The number of carbonyl (C=O) groups excluding carboxylic acids is 2. The summed E-state index contributed by atoms with van der Waals surface area (Å²) in [5.41, 5.74) is -1.24. The second-order valence-corrected chi connectivity index (χ2v) is 9.96. The zero-order valence-corrected chi connectivity index (χ0v) is 18.3. The summed E-state index contributed by atoms with van der Waals surface area (Å²) in [7, 11) is 1.89. The predicted octanol–water partition coefficient (Wildman–Crippen LogP) is 3.60. The molecule has 0 aromatic carbocycles. The summed E-state index contributed by atoms with van der Waals surface area (Å²) in [4.78, 5) is 26.0. The molecule has 5 nitrogen and oxygen atoms in total. The molecule has 0 unspecified atom stereocenters. The molecule has 0 atom stereocenters. The minimum atomic E-state index is -0.760. The van der Waals surface area contributed by atoms with Gasteiger partial charge >= 0.3 is 0 Å². The summed E-state index contributed by atoms with van der Waals surface area (Å²) in [6.07, 6.45) is 13.8. The van der Waals surface area contributed by atoms with Crippen molar-refractivity contribution in [1.82, 2.24) is 10.6 Å². The van der Waals surface area contributed by atoms with Crippen LogP contribution in [-0.4, -0.2) is 54.0 Å². The van der Waals surface area contributed by atoms with E-state index in [0.29, 0.717) is 38.0 Å². The summed E-state index contributed by atoms with van der Waals surface area (Å²) in [5.74, 6) is 1.62. The van der Waals surface area contributed by atoms with Gasteiger partial charge in [-0.3, -0.25) is 9.59 Å². The molecular weight excluding hydrogens is 372 g/mol. The van der Waals surface area contributed by atoms with Crippen LogP contribution in [0.2, 0.25) is 0 Å². The maximum atomic E-state index is 13.2. The lowest BCUT2D eigenvalue weighted by atomic mass is 9.71. The van der Waals surface area contributed by atoms with Crippen LogP contribution in [-0.2, 0) is 14.3 Å². The number of carbonyl (C=O) groups is 2. The first kappa shape index (κ1) is 22.1. The molecule has 4 fully saturated rings. The van der Waals surface area contributed by atoms with Crippen molar-refractivity contribution >= 4 is 23.5 Å². The molecule has 6 heteroatoms. The normalized spacial score (nSPS) is 34.5. The van der Waals surface area contributed by atoms with Gasteiger partial charge in [0.2, 0.25) is 0 Å². The Morgan fingerprint density at radius 3 is 2.18 bits per heavy atom. The molecule has 1 amide bonds. The lowest BCUT2D eigenvalue weighted by Gasteiger charge is -2.45. The fourth-order valence-electron chi connectivity index (χ4n) is 5.06. The van der Waals surface area contributed by atoms with E-state index in [4.69, 9.17) is 4.74 Å². The Labute approximate surface area is 174 Å². The molecule has 0 radical (unpaired) electrons. The number of ether oxygens (including phenoxy) is 1. The largest absolute Gasteiger partial charge is 0.362 e. The van der Waals surface area contributed by atoms with E-state index in [-0.39, 0.29) is 17.8 Å². The van der Waals surface area contributed by atoms with Crippen LogP contribution in [0, 0.1) is 0 Å². The van der Waals surface area contributed by atoms with Crippen molar-refractivity contribution in [1.29, 1.82) is 0 Å². The van der Waals surface area contributed by atoms with Crippen molar-refractivity contribution in [2.24, 2.45) is 0 Å². The number of fused-ring (bicyclic) bond motifs is 8. The molecule has 4 rings (SSSR count). The Morgan fingerprint density at radius 2 is 1.57 bits per heavy atom. The number of amides is 1. The maximum Gasteiger partial charge on any atom is 0.252 e. The third-order valence-electron chi connectivity index (χ3n) is 7.05. The van der Waals surface area contributed by atoms with E-state index >= 15 is 0 Å². The van der Waals surface area contributed by atoms with Gasteiger partial charge in [-0.05, 0) is 45.6 Å². The van der Waals surface area contributed by atoms with Gasteiger partial charge in [0.15, 0.2) is 5.78 Å². The first-order valence-corrected chi connectivity index (χ1v) is 12.5. The SMILES string of the molecule is CNC12CCC(OC3CCCCCCCCC3)(CC1)C(=O)NCCSCC2=O. The van der Waals surface area contributed by atoms with E-state index in [1.807, 2.05) is 7.05 Å². The lowest BCUT2D eigenvalue weighted by Crippen LogP contribution is -2.60. The van der Waals surface area contributed by atoms with Gasteiger partial charge in [-0.1, -0.05) is 44.9 Å². The van der Waals surface area contributed by atoms with Crippen molar-refractivity contribution in [2.75, 3.05) is 25.1 Å². The van der Waals surface area contributed by atoms with Crippen molar-refractivity contribution in [2.45, 2.75) is 101 Å².